The van der Waals surface area contributed by atoms with Gasteiger partial charge in [-0.05, 0) is 51.4 Å². The molecule has 0 spiro atoms. The lowest BCUT2D eigenvalue weighted by Crippen LogP contribution is -2.36. The Labute approximate surface area is 283 Å². The number of unbranched alkanes of at least 4 members (excludes halogenated alkanes) is 4. The highest BCUT2D eigenvalue weighted by molar-refractivity contribution is 8.00. The number of carboxylic acids is 1. The molecule has 2 aliphatic heterocycles. The SMILES string of the molecule is O=C(O)CCCCC(=O)NCCCCCC(=O)NCCCOCCOCCOCCCNC(=O)CCCC[C@@H]1SC[C@@H]2NC(=O)N[C@@H]21. The number of rotatable bonds is 30. The van der Waals surface area contributed by atoms with Crippen LogP contribution in [-0.4, -0.2) is 117 Å². The summed E-state index contributed by atoms with van der Waals surface area (Å²) in [6.07, 6.45) is 9.24. The van der Waals surface area contributed by atoms with Crippen LogP contribution in [0.4, 0.5) is 4.79 Å². The van der Waals surface area contributed by atoms with E-state index in [0.29, 0.717) is 96.6 Å². The summed E-state index contributed by atoms with van der Waals surface area (Å²) in [4.78, 5) is 57.5. The van der Waals surface area contributed by atoms with Gasteiger partial charge in [0, 0.05) is 69.5 Å². The van der Waals surface area contributed by atoms with E-state index in [1.807, 2.05) is 11.8 Å². The molecule has 0 bridgehead atoms. The van der Waals surface area contributed by atoms with Gasteiger partial charge in [-0.1, -0.05) is 12.8 Å². The second kappa shape index (κ2) is 26.3. The van der Waals surface area contributed by atoms with Gasteiger partial charge in [-0.3, -0.25) is 19.2 Å². The molecular weight excluding hydrogens is 630 g/mol. The fraction of sp³-hybridized carbons (Fsp3) is 0.844. The van der Waals surface area contributed by atoms with Crippen molar-refractivity contribution in [2.75, 3.05) is 65.0 Å². The summed E-state index contributed by atoms with van der Waals surface area (Å²) in [5.41, 5.74) is 0. The maximum atomic E-state index is 12.0. The van der Waals surface area contributed by atoms with Crippen LogP contribution >= 0.6 is 11.8 Å². The van der Waals surface area contributed by atoms with E-state index >= 15 is 0 Å². The van der Waals surface area contributed by atoms with E-state index < -0.39 is 5.97 Å². The molecule has 0 aromatic carbocycles. The first-order valence-corrected chi connectivity index (χ1v) is 18.3. The van der Waals surface area contributed by atoms with Crippen LogP contribution in [0.5, 0.6) is 0 Å². The first kappa shape index (κ1) is 40.6. The standard InChI is InChI=1S/C32H57N5O9S/c38-27(11-2-1-7-15-33-28(39)13-5-6-14-30(41)42)34-16-8-18-44-20-22-46-23-21-45-19-9-17-35-29(40)12-4-3-10-26-31-25(24-47-26)36-32(43)37-31/h25-26,31H,1-24H2,(H,33,39)(H,34,38)(H,35,40)(H,41,42)(H2,36,37,43)/t25-,26-,31-/m0/s1. The zero-order valence-corrected chi connectivity index (χ0v) is 28.6. The van der Waals surface area contributed by atoms with Crippen molar-refractivity contribution >= 4 is 41.5 Å². The number of amides is 5. The molecule has 2 saturated heterocycles. The molecule has 14 nitrogen and oxygen atoms in total. The zero-order chi connectivity index (χ0) is 34.0. The van der Waals surface area contributed by atoms with Crippen LogP contribution in [0.3, 0.4) is 0 Å². The summed E-state index contributed by atoms with van der Waals surface area (Å²) in [5.74, 6) is 0.145. The van der Waals surface area contributed by atoms with Crippen molar-refractivity contribution in [2.45, 2.75) is 107 Å². The summed E-state index contributed by atoms with van der Waals surface area (Å²) in [5, 5.41) is 23.6. The average molecular weight is 688 g/mol. The number of hydrogen-bond donors (Lipinski definition) is 6. The van der Waals surface area contributed by atoms with Gasteiger partial charge < -0.3 is 45.9 Å². The fourth-order valence-electron chi connectivity index (χ4n) is 5.26. The molecule has 5 amide bonds. The van der Waals surface area contributed by atoms with Crippen LogP contribution in [0.15, 0.2) is 0 Å². The molecule has 0 saturated carbocycles. The van der Waals surface area contributed by atoms with Crippen LogP contribution in [0.25, 0.3) is 0 Å². The van der Waals surface area contributed by atoms with E-state index in [1.54, 1.807) is 0 Å². The van der Waals surface area contributed by atoms with E-state index in [1.165, 1.54) is 0 Å². The molecular formula is C32H57N5O9S. The third-order valence-electron chi connectivity index (χ3n) is 7.85. The van der Waals surface area contributed by atoms with Crippen LogP contribution in [0.1, 0.15) is 89.9 Å². The molecule has 270 valence electrons. The minimum Gasteiger partial charge on any atom is -0.481 e. The summed E-state index contributed by atoms with van der Waals surface area (Å²) in [6.45, 7) is 4.75. The number of thioether (sulfide) groups is 1. The van der Waals surface area contributed by atoms with Crippen LogP contribution < -0.4 is 26.6 Å². The number of carboxylic acid groups (broad SMARTS) is 1. The topological polar surface area (TPSA) is 193 Å². The van der Waals surface area contributed by atoms with Gasteiger partial charge in [-0.2, -0.15) is 11.8 Å². The number of urea groups is 1. The molecule has 15 heteroatoms. The van der Waals surface area contributed by atoms with Gasteiger partial charge in [-0.15, -0.1) is 0 Å². The number of carbonyl (C=O) groups excluding carboxylic acids is 4. The molecule has 0 unspecified atom stereocenters. The van der Waals surface area contributed by atoms with Crippen molar-refractivity contribution in [1.82, 2.24) is 26.6 Å². The smallest absolute Gasteiger partial charge is 0.315 e. The average Bonchev–Trinajstić information content (AvgIpc) is 3.60. The van der Waals surface area contributed by atoms with Crippen LogP contribution in [0, 0.1) is 0 Å². The number of aliphatic carboxylic acids is 1. The van der Waals surface area contributed by atoms with Gasteiger partial charge in [0.25, 0.3) is 0 Å². The summed E-state index contributed by atoms with van der Waals surface area (Å²) in [7, 11) is 0. The van der Waals surface area contributed by atoms with Crippen LogP contribution in [0.2, 0.25) is 0 Å². The minimum atomic E-state index is -0.840. The molecule has 6 N–H and O–H groups in total. The number of hydrogen-bond acceptors (Lipinski definition) is 9. The first-order valence-electron chi connectivity index (χ1n) is 17.3. The van der Waals surface area contributed by atoms with Crippen molar-refractivity contribution in [1.29, 1.82) is 0 Å². The van der Waals surface area contributed by atoms with Gasteiger partial charge in [0.05, 0.1) is 38.5 Å². The predicted molar refractivity (Wildman–Crippen MR) is 179 cm³/mol. The fourth-order valence-corrected chi connectivity index (χ4v) is 6.81. The largest absolute Gasteiger partial charge is 0.481 e. The molecule has 3 atom stereocenters. The van der Waals surface area contributed by atoms with E-state index in [9.17, 15) is 24.0 Å². The summed E-state index contributed by atoms with van der Waals surface area (Å²) >= 11 is 1.90. The summed E-state index contributed by atoms with van der Waals surface area (Å²) < 4.78 is 16.6. The highest BCUT2D eigenvalue weighted by Crippen LogP contribution is 2.33. The van der Waals surface area contributed by atoms with E-state index in [4.69, 9.17) is 19.3 Å². The Kier molecular flexibility index (Phi) is 22.7. The third kappa shape index (κ3) is 21.1. The first-order chi connectivity index (χ1) is 22.8. The Morgan fingerprint density at radius 1 is 0.638 bits per heavy atom. The Balaban J connectivity index is 1.23. The van der Waals surface area contributed by atoms with E-state index in [0.717, 1.165) is 57.1 Å². The second-order valence-electron chi connectivity index (χ2n) is 11.9. The number of fused-ring (bicyclic) bond motifs is 1. The molecule has 2 heterocycles. The van der Waals surface area contributed by atoms with Crippen molar-refractivity contribution in [3.8, 4) is 0 Å². The lowest BCUT2D eigenvalue weighted by atomic mass is 10.0. The van der Waals surface area contributed by atoms with Crippen molar-refractivity contribution in [3.05, 3.63) is 0 Å². The molecule has 0 aromatic rings. The second-order valence-corrected chi connectivity index (χ2v) is 13.1. The number of ether oxygens (including phenoxy) is 3. The van der Waals surface area contributed by atoms with Gasteiger partial charge in [0.2, 0.25) is 17.7 Å². The molecule has 2 fully saturated rings. The molecule has 0 aliphatic carbocycles. The maximum Gasteiger partial charge on any atom is 0.315 e. The van der Waals surface area contributed by atoms with Crippen molar-refractivity contribution in [3.63, 3.8) is 0 Å². The normalized spacial score (nSPS) is 18.3. The van der Waals surface area contributed by atoms with Crippen molar-refractivity contribution in [2.24, 2.45) is 0 Å². The Hall–Kier alpha value is -2.62. The summed E-state index contributed by atoms with van der Waals surface area (Å²) in [6, 6.07) is 0.404. The highest BCUT2D eigenvalue weighted by atomic mass is 32.2. The van der Waals surface area contributed by atoms with Gasteiger partial charge in [-0.25, -0.2) is 4.79 Å². The quantitative estimate of drug-likeness (QED) is 0.0481. The van der Waals surface area contributed by atoms with Crippen LogP contribution in [-0.2, 0) is 33.4 Å². The maximum absolute atomic E-state index is 12.0. The highest BCUT2D eigenvalue weighted by Gasteiger charge is 2.42. The Morgan fingerprint density at radius 3 is 1.70 bits per heavy atom. The van der Waals surface area contributed by atoms with Gasteiger partial charge >= 0.3 is 12.0 Å². The third-order valence-corrected chi connectivity index (χ3v) is 9.36. The molecule has 0 aromatic heterocycles. The molecule has 2 rings (SSSR count). The lowest BCUT2D eigenvalue weighted by Gasteiger charge is -2.16. The lowest BCUT2D eigenvalue weighted by molar-refractivity contribution is -0.137. The molecule has 0 radical (unpaired) electrons. The predicted octanol–water partition coefficient (Wildman–Crippen LogP) is 2.10. The number of nitrogens with one attached hydrogen (secondary N) is 5. The Bertz CT molecular complexity index is 929. The van der Waals surface area contributed by atoms with Crippen molar-refractivity contribution < 1.29 is 43.3 Å². The zero-order valence-electron chi connectivity index (χ0n) is 27.8. The number of carbonyl (C=O) groups is 5. The molecule has 47 heavy (non-hydrogen) atoms. The van der Waals surface area contributed by atoms with Gasteiger partial charge in [0.1, 0.15) is 0 Å². The van der Waals surface area contributed by atoms with Gasteiger partial charge in [0.15, 0.2) is 0 Å². The van der Waals surface area contributed by atoms with E-state index in [-0.39, 0.29) is 42.3 Å². The molecule has 2 aliphatic rings. The van der Waals surface area contributed by atoms with E-state index in [2.05, 4.69) is 26.6 Å². The minimum absolute atomic E-state index is 0.0152. The monoisotopic (exact) mass is 687 g/mol. The Morgan fingerprint density at radius 2 is 1.13 bits per heavy atom.